The molecule has 0 radical (unpaired) electrons. The first-order valence-corrected chi connectivity index (χ1v) is 22.1. The van der Waals surface area contributed by atoms with E-state index < -0.39 is 21.8 Å². The number of amides is 2. The lowest BCUT2D eigenvalue weighted by Gasteiger charge is -2.34. The molecule has 0 bridgehead atoms. The van der Waals surface area contributed by atoms with E-state index in [4.69, 9.17) is 6.13 Å². The highest BCUT2D eigenvalue weighted by atomic mass is 127. The highest BCUT2D eigenvalue weighted by Gasteiger charge is 2.35. The third kappa shape index (κ3) is 11.1. The smallest absolute Gasteiger partial charge is 0.347 e. The monoisotopic (exact) mass is 1020 g/mol. The Kier molecular flexibility index (Phi) is 15.9. The van der Waals surface area contributed by atoms with E-state index in [0.717, 1.165) is 29.7 Å². The van der Waals surface area contributed by atoms with Crippen LogP contribution in [-0.2, 0) is 33.8 Å². The van der Waals surface area contributed by atoms with Gasteiger partial charge in [0.15, 0.2) is 46.0 Å². The van der Waals surface area contributed by atoms with Crippen LogP contribution in [0.4, 0.5) is 17.1 Å². The van der Waals surface area contributed by atoms with Crippen LogP contribution in [0.1, 0.15) is 88.7 Å². The van der Waals surface area contributed by atoms with Crippen LogP contribution in [-0.4, -0.2) is 62.2 Å². The number of carbonyl (C=O) groups excluding carboxylic acids is 4. The number of sulfonamides is 1. The van der Waals surface area contributed by atoms with Gasteiger partial charge in [-0.15, -0.1) is 0 Å². The molecule has 1 saturated carbocycles. The van der Waals surface area contributed by atoms with E-state index in [9.17, 15) is 27.6 Å². The van der Waals surface area contributed by atoms with E-state index in [1.165, 1.54) is 28.6 Å². The van der Waals surface area contributed by atoms with Gasteiger partial charge in [-0.25, -0.2) is 13.2 Å². The topological polar surface area (TPSA) is 151 Å². The Morgan fingerprint density at radius 1 is 0.702 bits per heavy atom. The second-order valence-electron chi connectivity index (χ2n) is 13.7. The molecule has 1 fully saturated rings. The molecule has 0 atom stereocenters. The minimum atomic E-state index is -3.98. The summed E-state index contributed by atoms with van der Waals surface area (Å²) >= 11 is 3.15. The van der Waals surface area contributed by atoms with Crippen LogP contribution in [0, 0.1) is 5.92 Å². The number of hydrogen-bond acceptors (Lipinski definition) is 9. The van der Waals surface area contributed by atoms with Gasteiger partial charge in [0.1, 0.15) is 0 Å². The summed E-state index contributed by atoms with van der Waals surface area (Å²) in [5.41, 5.74) is 4.66. The highest BCUT2D eigenvalue weighted by Crippen LogP contribution is 2.32. The average Bonchev–Trinajstić information content (AvgIpc) is 3.24. The molecule has 2 amide bonds. The fraction of sp³-hybridized carbons (Fsp3) is 0.333. The molecular formula is C42H46I2N4O8S. The number of nitrogens with one attached hydrogen (secondary N) is 2. The number of aryl methyl sites for hydroxylation is 2. The largest absolute Gasteiger partial charge is 0.394 e. The van der Waals surface area contributed by atoms with E-state index in [0.29, 0.717) is 50.0 Å². The van der Waals surface area contributed by atoms with Crippen molar-refractivity contribution in [2.75, 3.05) is 35.2 Å². The molecule has 4 aromatic rings. The lowest BCUT2D eigenvalue weighted by molar-refractivity contribution is -0.137. The van der Waals surface area contributed by atoms with Gasteiger partial charge in [0, 0.05) is 42.6 Å². The molecule has 1 aliphatic carbocycles. The maximum absolute atomic E-state index is 13.9. The molecular weight excluding hydrogens is 974 g/mol. The first kappa shape index (κ1) is 44.0. The summed E-state index contributed by atoms with van der Waals surface area (Å²) in [4.78, 5) is 53.5. The second kappa shape index (κ2) is 20.6. The number of anilines is 3. The molecule has 57 heavy (non-hydrogen) atoms. The summed E-state index contributed by atoms with van der Waals surface area (Å²) in [6.45, 7) is 7.47. The van der Waals surface area contributed by atoms with Gasteiger partial charge in [0.05, 0.1) is 27.6 Å². The number of hydrogen-bond donors (Lipinski definition) is 2. The van der Waals surface area contributed by atoms with E-state index in [1.54, 1.807) is 77.2 Å². The van der Waals surface area contributed by atoms with Gasteiger partial charge in [-0.05, 0) is 124 Å². The van der Waals surface area contributed by atoms with Crippen molar-refractivity contribution in [2.45, 2.75) is 70.2 Å². The molecule has 302 valence electrons. The third-order valence-electron chi connectivity index (χ3n) is 10.3. The normalized spacial score (nSPS) is 15.4. The maximum Gasteiger partial charge on any atom is 0.347 e. The SMILES string of the molecule is CCN(CC)c1ccc(NC(=O)c2cccc(S(=O)(=O)N(CC)C3CCC(C(=O)OI)CC3)c2)c(C(=O)Nc2ccc(CCc3ccc(C(=O)OI)cc3)cc2)c1. The molecule has 15 heteroatoms. The van der Waals surface area contributed by atoms with Crippen molar-refractivity contribution in [1.82, 2.24) is 4.31 Å². The summed E-state index contributed by atoms with van der Waals surface area (Å²) in [5.74, 6) is -1.91. The zero-order chi connectivity index (χ0) is 41.1. The lowest BCUT2D eigenvalue weighted by Crippen LogP contribution is -2.42. The second-order valence-corrected chi connectivity index (χ2v) is 16.5. The van der Waals surface area contributed by atoms with Crippen molar-refractivity contribution in [3.8, 4) is 0 Å². The van der Waals surface area contributed by atoms with E-state index in [1.807, 2.05) is 56.3 Å². The molecule has 12 nitrogen and oxygen atoms in total. The predicted octanol–water partition coefficient (Wildman–Crippen LogP) is 8.79. The Bertz CT molecular complexity index is 2160. The summed E-state index contributed by atoms with van der Waals surface area (Å²) in [6, 6.07) is 25.7. The molecule has 0 aromatic heterocycles. The van der Waals surface area contributed by atoms with Gasteiger partial charge < -0.3 is 21.7 Å². The van der Waals surface area contributed by atoms with Gasteiger partial charge in [0.25, 0.3) is 11.8 Å². The molecule has 4 aromatic carbocycles. The van der Waals surface area contributed by atoms with E-state index in [2.05, 4.69) is 15.5 Å². The highest BCUT2D eigenvalue weighted by molar-refractivity contribution is 14.1. The van der Waals surface area contributed by atoms with Crippen LogP contribution < -0.4 is 15.5 Å². The fourth-order valence-electron chi connectivity index (χ4n) is 7.12. The molecule has 0 aliphatic heterocycles. The standard InChI is InChI=1S/C42H46I2N4O8S/c1-4-47(5-2)35-24-25-38(37(27-35)40(50)45-33-20-14-29(15-21-33)11-10-28-12-16-30(17-13-28)41(51)55-43)46-39(49)32-8-7-9-36(26-32)57(53,54)48(6-3)34-22-18-31(19-23-34)42(52)56-44/h7-9,12-17,20-21,24-27,31,34H,4-6,10-11,18-19,22-23H2,1-3H3,(H,45,50)(H,46,49). The van der Waals surface area contributed by atoms with E-state index >= 15 is 0 Å². The Balaban J connectivity index is 1.30. The van der Waals surface area contributed by atoms with Gasteiger partial charge in [-0.2, -0.15) is 4.31 Å². The molecule has 0 spiro atoms. The van der Waals surface area contributed by atoms with Crippen molar-refractivity contribution in [3.63, 3.8) is 0 Å². The van der Waals surface area contributed by atoms with Crippen LogP contribution >= 0.6 is 46.0 Å². The van der Waals surface area contributed by atoms with Gasteiger partial charge in [-0.1, -0.05) is 37.3 Å². The Labute approximate surface area is 362 Å². The molecule has 0 unspecified atom stereocenters. The zero-order valence-electron chi connectivity index (χ0n) is 32.0. The number of carbonyl (C=O) groups is 4. The summed E-state index contributed by atoms with van der Waals surface area (Å²) in [5, 5.41) is 5.82. The number of nitrogens with zero attached hydrogens (tertiary/aromatic N) is 2. The van der Waals surface area contributed by atoms with Crippen LogP contribution in [0.5, 0.6) is 0 Å². The Hall–Kier alpha value is -4.07. The fourth-order valence-corrected chi connectivity index (χ4v) is 9.48. The lowest BCUT2D eigenvalue weighted by atomic mass is 9.86. The van der Waals surface area contributed by atoms with Crippen molar-refractivity contribution in [1.29, 1.82) is 0 Å². The van der Waals surface area contributed by atoms with Crippen LogP contribution in [0.3, 0.4) is 0 Å². The van der Waals surface area contributed by atoms with Gasteiger partial charge in [0.2, 0.25) is 10.0 Å². The van der Waals surface area contributed by atoms with Crippen molar-refractivity contribution < 1.29 is 33.7 Å². The number of rotatable bonds is 16. The molecule has 0 saturated heterocycles. The average molecular weight is 1020 g/mol. The molecule has 0 heterocycles. The van der Waals surface area contributed by atoms with Crippen molar-refractivity contribution >= 4 is 96.9 Å². The summed E-state index contributed by atoms with van der Waals surface area (Å²) in [7, 11) is -3.98. The van der Waals surface area contributed by atoms with Crippen molar-refractivity contribution in [3.05, 3.63) is 119 Å². The number of benzene rings is 4. The van der Waals surface area contributed by atoms with Crippen LogP contribution in [0.2, 0.25) is 0 Å². The Morgan fingerprint density at radius 3 is 1.91 bits per heavy atom. The van der Waals surface area contributed by atoms with Crippen LogP contribution in [0.15, 0.2) is 95.9 Å². The Morgan fingerprint density at radius 2 is 1.33 bits per heavy atom. The quantitative estimate of drug-likeness (QED) is 0.105. The van der Waals surface area contributed by atoms with E-state index in [-0.39, 0.29) is 52.2 Å². The van der Waals surface area contributed by atoms with Crippen molar-refractivity contribution in [2.24, 2.45) is 5.92 Å². The van der Waals surface area contributed by atoms with Gasteiger partial charge >= 0.3 is 11.9 Å². The summed E-state index contributed by atoms with van der Waals surface area (Å²) in [6.07, 6.45) is 3.63. The molecule has 5 rings (SSSR count). The summed E-state index contributed by atoms with van der Waals surface area (Å²) < 4.78 is 38.9. The minimum Gasteiger partial charge on any atom is -0.394 e. The first-order valence-electron chi connectivity index (χ1n) is 18.9. The molecule has 1 aliphatic rings. The van der Waals surface area contributed by atoms with Gasteiger partial charge in [-0.3, -0.25) is 14.4 Å². The predicted molar refractivity (Wildman–Crippen MR) is 238 cm³/mol. The minimum absolute atomic E-state index is 0.0136. The maximum atomic E-state index is 13.9. The third-order valence-corrected chi connectivity index (χ3v) is 13.2. The first-order chi connectivity index (χ1) is 27.4. The van der Waals surface area contributed by atoms with Crippen LogP contribution in [0.25, 0.3) is 0 Å². The zero-order valence-corrected chi connectivity index (χ0v) is 37.1. The number of halogens is 2. The molecule has 2 N–H and O–H groups in total.